The molecule has 0 radical (unpaired) electrons. The summed E-state index contributed by atoms with van der Waals surface area (Å²) in [5, 5.41) is 9.78. The molecule has 0 fully saturated rings. The molecule has 0 heterocycles. The minimum Gasteiger partial charge on any atom is -0.462 e. The maximum atomic E-state index is 12.4. The van der Waals surface area contributed by atoms with E-state index in [0.717, 1.165) is 64.2 Å². The molecular formula is C41H71O9P. The van der Waals surface area contributed by atoms with Crippen molar-refractivity contribution in [3.8, 4) is 0 Å². The molecule has 2 atom stereocenters. The summed E-state index contributed by atoms with van der Waals surface area (Å²) in [6, 6.07) is 0. The monoisotopic (exact) mass is 738 g/mol. The lowest BCUT2D eigenvalue weighted by atomic mass is 10.1. The molecular weight excluding hydrogens is 667 g/mol. The Morgan fingerprint density at radius 2 is 1.08 bits per heavy atom. The quantitative estimate of drug-likeness (QED) is 0.0251. The highest BCUT2D eigenvalue weighted by atomic mass is 31.2. The van der Waals surface area contributed by atoms with Crippen molar-refractivity contribution in [2.45, 2.75) is 174 Å². The van der Waals surface area contributed by atoms with E-state index in [1.807, 2.05) is 24.3 Å². The SMILES string of the molecule is CCCCCC/C=C\CCCCCCCCCC(=O)O[C@H](COC(=O)CCC/C=C\C/C=C\C/C=C\C/C=C\[C@@H](O)CCCC)COP(=O)(O)O. The number of carbonyl (C=O) groups is 2. The molecule has 0 unspecified atom stereocenters. The van der Waals surface area contributed by atoms with Crippen LogP contribution in [-0.4, -0.2) is 52.3 Å². The maximum absolute atomic E-state index is 12.4. The smallest absolute Gasteiger partial charge is 0.462 e. The van der Waals surface area contributed by atoms with Gasteiger partial charge in [0.25, 0.3) is 0 Å². The first-order chi connectivity index (χ1) is 24.7. The van der Waals surface area contributed by atoms with Gasteiger partial charge in [0.15, 0.2) is 6.10 Å². The average molecular weight is 739 g/mol. The minimum absolute atomic E-state index is 0.172. The van der Waals surface area contributed by atoms with Gasteiger partial charge in [0.1, 0.15) is 6.61 Å². The van der Waals surface area contributed by atoms with Crippen molar-refractivity contribution in [3.63, 3.8) is 0 Å². The van der Waals surface area contributed by atoms with Gasteiger partial charge in [0.2, 0.25) is 0 Å². The Balaban J connectivity index is 4.09. The molecule has 0 aromatic carbocycles. The van der Waals surface area contributed by atoms with E-state index in [2.05, 4.69) is 54.8 Å². The van der Waals surface area contributed by atoms with E-state index in [9.17, 15) is 19.3 Å². The van der Waals surface area contributed by atoms with E-state index >= 15 is 0 Å². The molecule has 0 amide bonds. The van der Waals surface area contributed by atoms with Crippen LogP contribution >= 0.6 is 7.82 Å². The molecule has 294 valence electrons. The zero-order valence-electron chi connectivity index (χ0n) is 31.8. The van der Waals surface area contributed by atoms with Gasteiger partial charge in [0.05, 0.1) is 12.7 Å². The number of ether oxygens (including phenoxy) is 2. The number of allylic oxidation sites excluding steroid dienone is 9. The number of aliphatic hydroxyl groups excluding tert-OH is 1. The number of phosphoric ester groups is 1. The molecule has 0 aliphatic heterocycles. The van der Waals surface area contributed by atoms with Crippen molar-refractivity contribution in [3.05, 3.63) is 60.8 Å². The van der Waals surface area contributed by atoms with E-state index in [1.165, 1.54) is 51.4 Å². The van der Waals surface area contributed by atoms with Crippen LogP contribution in [0.3, 0.4) is 0 Å². The van der Waals surface area contributed by atoms with Crippen molar-refractivity contribution in [1.82, 2.24) is 0 Å². The molecule has 0 spiro atoms. The summed E-state index contributed by atoms with van der Waals surface area (Å²) in [6.07, 6.45) is 41.4. The van der Waals surface area contributed by atoms with Gasteiger partial charge in [-0.25, -0.2) is 4.57 Å². The van der Waals surface area contributed by atoms with E-state index in [4.69, 9.17) is 19.3 Å². The first-order valence-corrected chi connectivity index (χ1v) is 21.2. The number of rotatable bonds is 35. The molecule has 0 aliphatic carbocycles. The van der Waals surface area contributed by atoms with E-state index in [1.54, 1.807) is 0 Å². The fraction of sp³-hybridized carbons (Fsp3) is 0.707. The minimum atomic E-state index is -4.78. The molecule has 0 saturated carbocycles. The van der Waals surface area contributed by atoms with Crippen LogP contribution in [0, 0.1) is 0 Å². The average Bonchev–Trinajstić information content (AvgIpc) is 3.09. The summed E-state index contributed by atoms with van der Waals surface area (Å²) < 4.78 is 26.3. The topological polar surface area (TPSA) is 140 Å². The molecule has 51 heavy (non-hydrogen) atoms. The standard InChI is InChI=1S/C41H71O9P/c1-3-5-7-8-9-10-11-12-13-14-19-22-25-28-31-35-41(44)50-39(37-49-51(45,46)47)36-48-40(43)34-30-27-24-21-18-16-15-17-20-23-26-29-33-38(42)32-6-4-2/h10-11,15-16,20-21,23-24,29,33,38-39,42H,3-9,12-14,17-19,22,25-28,30-32,34-37H2,1-2H3,(H2,45,46,47)/b11-10-,16-15-,23-20-,24-21-,33-29-/t38-,39+/m0/s1. The number of phosphoric acid groups is 1. The van der Waals surface area contributed by atoms with Crippen molar-refractivity contribution in [1.29, 1.82) is 0 Å². The summed E-state index contributed by atoms with van der Waals surface area (Å²) in [7, 11) is -4.78. The lowest BCUT2D eigenvalue weighted by molar-refractivity contribution is -0.161. The predicted molar refractivity (Wildman–Crippen MR) is 208 cm³/mol. The number of carbonyl (C=O) groups excluding carboxylic acids is 2. The van der Waals surface area contributed by atoms with Crippen molar-refractivity contribution in [2.24, 2.45) is 0 Å². The van der Waals surface area contributed by atoms with Gasteiger partial charge >= 0.3 is 19.8 Å². The van der Waals surface area contributed by atoms with Gasteiger partial charge in [-0.3, -0.25) is 14.1 Å². The highest BCUT2D eigenvalue weighted by molar-refractivity contribution is 7.46. The van der Waals surface area contributed by atoms with Crippen LogP contribution in [0.15, 0.2) is 60.8 Å². The van der Waals surface area contributed by atoms with Crippen molar-refractivity contribution < 1.29 is 43.0 Å². The first-order valence-electron chi connectivity index (χ1n) is 19.7. The first kappa shape index (κ1) is 48.7. The summed E-state index contributed by atoms with van der Waals surface area (Å²) >= 11 is 0. The van der Waals surface area contributed by atoms with Gasteiger partial charge in [-0.1, -0.05) is 139 Å². The van der Waals surface area contributed by atoms with Crippen molar-refractivity contribution >= 4 is 19.8 Å². The Bertz CT molecular complexity index is 1030. The Morgan fingerprint density at radius 1 is 0.588 bits per heavy atom. The van der Waals surface area contributed by atoms with Crippen LogP contribution in [0.5, 0.6) is 0 Å². The number of esters is 2. The van der Waals surface area contributed by atoms with Crippen molar-refractivity contribution in [2.75, 3.05) is 13.2 Å². The third-order valence-electron chi connectivity index (χ3n) is 8.08. The number of unbranched alkanes of at least 4 members (excludes halogenated alkanes) is 13. The third kappa shape index (κ3) is 38.8. The normalized spacial score (nSPS) is 13.7. The molecule has 0 aromatic heterocycles. The van der Waals surface area contributed by atoms with Gasteiger partial charge in [-0.2, -0.15) is 0 Å². The second kappa shape index (κ2) is 36.1. The molecule has 0 aromatic rings. The zero-order valence-corrected chi connectivity index (χ0v) is 32.7. The highest BCUT2D eigenvalue weighted by Crippen LogP contribution is 2.36. The van der Waals surface area contributed by atoms with E-state index in [0.29, 0.717) is 19.3 Å². The number of aliphatic hydroxyl groups is 1. The fourth-order valence-corrected chi connectivity index (χ4v) is 5.44. The number of hydrogen-bond acceptors (Lipinski definition) is 7. The van der Waals surface area contributed by atoms with E-state index < -0.39 is 32.5 Å². The second-order valence-corrected chi connectivity index (χ2v) is 14.3. The largest absolute Gasteiger partial charge is 0.469 e. The Kier molecular flexibility index (Phi) is 34.5. The Hall–Kier alpha value is -2.29. The highest BCUT2D eigenvalue weighted by Gasteiger charge is 2.22. The number of hydrogen-bond donors (Lipinski definition) is 3. The van der Waals surface area contributed by atoms with Gasteiger partial charge < -0.3 is 24.4 Å². The summed E-state index contributed by atoms with van der Waals surface area (Å²) in [5.41, 5.74) is 0. The van der Waals surface area contributed by atoms with Crippen LogP contribution in [0.25, 0.3) is 0 Å². The molecule has 10 heteroatoms. The van der Waals surface area contributed by atoms with Crippen LogP contribution in [0.2, 0.25) is 0 Å². The predicted octanol–water partition coefficient (Wildman–Crippen LogP) is 10.7. The zero-order chi connectivity index (χ0) is 37.7. The molecule has 0 aliphatic rings. The van der Waals surface area contributed by atoms with Gasteiger partial charge in [-0.05, 0) is 70.6 Å². The van der Waals surface area contributed by atoms with E-state index in [-0.39, 0.29) is 25.6 Å². The Labute approximate surface area is 309 Å². The van der Waals surface area contributed by atoms with Gasteiger partial charge in [-0.15, -0.1) is 0 Å². The fourth-order valence-electron chi connectivity index (χ4n) is 5.08. The molecule has 3 N–H and O–H groups in total. The summed E-state index contributed by atoms with van der Waals surface area (Å²) in [6.45, 7) is 3.45. The lowest BCUT2D eigenvalue weighted by Gasteiger charge is -2.18. The molecule has 0 bridgehead atoms. The lowest BCUT2D eigenvalue weighted by Crippen LogP contribution is -2.29. The van der Waals surface area contributed by atoms with Crippen LogP contribution < -0.4 is 0 Å². The van der Waals surface area contributed by atoms with Gasteiger partial charge in [0, 0.05) is 12.8 Å². The van der Waals surface area contributed by atoms with Crippen LogP contribution in [0.4, 0.5) is 0 Å². The Morgan fingerprint density at radius 3 is 1.69 bits per heavy atom. The molecule has 0 rings (SSSR count). The third-order valence-corrected chi connectivity index (χ3v) is 8.56. The molecule has 9 nitrogen and oxygen atoms in total. The van der Waals surface area contributed by atoms with Crippen LogP contribution in [0.1, 0.15) is 162 Å². The maximum Gasteiger partial charge on any atom is 0.469 e. The van der Waals surface area contributed by atoms with Crippen LogP contribution in [-0.2, 0) is 28.2 Å². The molecule has 0 saturated heterocycles. The summed E-state index contributed by atoms with van der Waals surface area (Å²) in [5.74, 6) is -0.982. The summed E-state index contributed by atoms with van der Waals surface area (Å²) in [4.78, 5) is 42.7. The second-order valence-electron chi connectivity index (χ2n) is 13.1.